The number of aliphatic hydroxyl groups is 1. The van der Waals surface area contributed by atoms with Crippen molar-refractivity contribution < 1.29 is 24.3 Å². The van der Waals surface area contributed by atoms with Crippen molar-refractivity contribution in [2.45, 2.75) is 44.5 Å². The molecule has 194 valence electrons. The Morgan fingerprint density at radius 2 is 1.61 bits per heavy atom. The Labute approximate surface area is 208 Å². The van der Waals surface area contributed by atoms with Crippen LogP contribution in [0.4, 0.5) is 0 Å². The second kappa shape index (κ2) is 13.3. The van der Waals surface area contributed by atoms with Crippen LogP contribution in [0.3, 0.4) is 0 Å². The summed E-state index contributed by atoms with van der Waals surface area (Å²) in [4.78, 5) is 62.3. The summed E-state index contributed by atoms with van der Waals surface area (Å²) < 4.78 is 1.30. The van der Waals surface area contributed by atoms with E-state index < -0.39 is 42.0 Å². The molecule has 0 saturated carbocycles. The van der Waals surface area contributed by atoms with E-state index in [1.54, 1.807) is 30.3 Å². The number of carbonyl (C=O) groups excluding carboxylic acids is 4. The number of rotatable bonds is 12. The Bertz CT molecular complexity index is 1130. The van der Waals surface area contributed by atoms with E-state index in [2.05, 4.69) is 16.0 Å². The van der Waals surface area contributed by atoms with Crippen molar-refractivity contribution in [3.05, 3.63) is 64.6 Å². The van der Waals surface area contributed by atoms with E-state index in [0.717, 1.165) is 0 Å². The van der Waals surface area contributed by atoms with Crippen LogP contribution in [-0.4, -0.2) is 70.5 Å². The standard InChI is InChI=1S/C24H32N6O6/c1-14(31)19(12-26)28-24(36)21(15(2)32)29-23(35)18(10-11-25)27-22(34)16-8-9-20(33)30(13-16)17-6-4-3-5-7-17/h3-9,13,15,18-19,21,32H,10-12,25-26H2,1-2H3,(H,27,34)(H,28,36)(H,29,35)/t15?,18-,19-,21-/m0/s1. The highest BCUT2D eigenvalue weighted by Gasteiger charge is 2.31. The van der Waals surface area contributed by atoms with Crippen LogP contribution in [0, 0.1) is 0 Å². The van der Waals surface area contributed by atoms with Crippen LogP contribution >= 0.6 is 0 Å². The molecule has 12 nitrogen and oxygen atoms in total. The maximum absolute atomic E-state index is 12.9. The van der Waals surface area contributed by atoms with Crippen LogP contribution in [0.1, 0.15) is 30.6 Å². The zero-order valence-electron chi connectivity index (χ0n) is 20.1. The number of ketones is 1. The molecule has 0 bridgehead atoms. The minimum Gasteiger partial charge on any atom is -0.391 e. The number of nitrogens with two attached hydrogens (primary N) is 2. The van der Waals surface area contributed by atoms with Gasteiger partial charge in [-0.05, 0) is 45.0 Å². The Morgan fingerprint density at radius 1 is 0.944 bits per heavy atom. The summed E-state index contributed by atoms with van der Waals surface area (Å²) in [5.41, 5.74) is 11.4. The van der Waals surface area contributed by atoms with E-state index in [4.69, 9.17) is 11.5 Å². The van der Waals surface area contributed by atoms with Crippen LogP contribution in [0.25, 0.3) is 5.69 Å². The third-order valence-electron chi connectivity index (χ3n) is 5.39. The lowest BCUT2D eigenvalue weighted by Gasteiger charge is -2.26. The highest BCUT2D eigenvalue weighted by atomic mass is 16.3. The number of para-hydroxylation sites is 1. The zero-order valence-corrected chi connectivity index (χ0v) is 20.1. The van der Waals surface area contributed by atoms with Gasteiger partial charge >= 0.3 is 0 Å². The van der Waals surface area contributed by atoms with Crippen molar-refractivity contribution in [2.24, 2.45) is 11.5 Å². The van der Waals surface area contributed by atoms with Crippen molar-refractivity contribution in [1.82, 2.24) is 20.5 Å². The van der Waals surface area contributed by atoms with Crippen LogP contribution < -0.4 is 33.0 Å². The molecule has 3 amide bonds. The molecule has 0 spiro atoms. The van der Waals surface area contributed by atoms with Gasteiger partial charge in [0.25, 0.3) is 11.5 Å². The first kappa shape index (κ1) is 28.4. The SMILES string of the molecule is CC(=O)[C@H](CN)NC(=O)[C@@H](NC(=O)[C@H](CCN)NC(=O)c1ccc(=O)n(-c2ccccc2)c1)C(C)O. The lowest BCUT2D eigenvalue weighted by atomic mass is 10.1. The molecule has 12 heteroatoms. The minimum atomic E-state index is -1.41. The van der Waals surface area contributed by atoms with E-state index in [1.165, 1.54) is 36.7 Å². The molecular formula is C24H32N6O6. The second-order valence-corrected chi connectivity index (χ2v) is 8.20. The van der Waals surface area contributed by atoms with Crippen molar-refractivity contribution in [2.75, 3.05) is 13.1 Å². The van der Waals surface area contributed by atoms with Gasteiger partial charge in [0.2, 0.25) is 11.8 Å². The predicted octanol–water partition coefficient (Wildman–Crippen LogP) is -1.82. The third-order valence-corrected chi connectivity index (χ3v) is 5.39. The molecule has 0 fully saturated rings. The summed E-state index contributed by atoms with van der Waals surface area (Å²) in [7, 11) is 0. The summed E-state index contributed by atoms with van der Waals surface area (Å²) in [6, 6.07) is 7.72. The van der Waals surface area contributed by atoms with Gasteiger partial charge in [-0.1, -0.05) is 18.2 Å². The molecule has 1 unspecified atom stereocenters. The fourth-order valence-electron chi connectivity index (χ4n) is 3.34. The molecule has 0 aliphatic rings. The Kier molecular flexibility index (Phi) is 10.5. The van der Waals surface area contributed by atoms with Gasteiger partial charge in [-0.2, -0.15) is 0 Å². The molecule has 4 atom stereocenters. The van der Waals surface area contributed by atoms with Gasteiger partial charge < -0.3 is 32.5 Å². The zero-order chi connectivity index (χ0) is 26.8. The first-order valence-corrected chi connectivity index (χ1v) is 11.4. The smallest absolute Gasteiger partial charge is 0.255 e. The summed E-state index contributed by atoms with van der Waals surface area (Å²) in [5.74, 6) is -2.60. The van der Waals surface area contributed by atoms with Gasteiger partial charge in [-0.3, -0.25) is 28.5 Å². The fraction of sp³-hybridized carbons (Fsp3) is 0.375. The molecule has 2 aromatic rings. The summed E-state index contributed by atoms with van der Waals surface area (Å²) in [6.07, 6.45) is 0.0664. The Hall–Kier alpha value is -3.87. The van der Waals surface area contributed by atoms with Crippen molar-refractivity contribution in [3.63, 3.8) is 0 Å². The normalized spacial score (nSPS) is 14.1. The van der Waals surface area contributed by atoms with Crippen LogP contribution in [-0.2, 0) is 14.4 Å². The van der Waals surface area contributed by atoms with E-state index in [0.29, 0.717) is 5.69 Å². The average Bonchev–Trinajstić information content (AvgIpc) is 2.85. The molecule has 1 heterocycles. The largest absolute Gasteiger partial charge is 0.391 e. The second-order valence-electron chi connectivity index (χ2n) is 8.20. The summed E-state index contributed by atoms with van der Waals surface area (Å²) >= 11 is 0. The number of benzene rings is 1. The van der Waals surface area contributed by atoms with E-state index in [1.807, 2.05) is 0 Å². The molecule has 2 rings (SSSR count). The van der Waals surface area contributed by atoms with Crippen molar-refractivity contribution in [3.8, 4) is 5.69 Å². The first-order chi connectivity index (χ1) is 17.1. The van der Waals surface area contributed by atoms with Gasteiger partial charge in [-0.25, -0.2) is 0 Å². The lowest BCUT2D eigenvalue weighted by molar-refractivity contribution is -0.134. The van der Waals surface area contributed by atoms with E-state index in [-0.39, 0.29) is 36.4 Å². The number of hydrogen-bond acceptors (Lipinski definition) is 8. The molecule has 36 heavy (non-hydrogen) atoms. The van der Waals surface area contributed by atoms with Crippen molar-refractivity contribution in [1.29, 1.82) is 0 Å². The third kappa shape index (κ3) is 7.57. The summed E-state index contributed by atoms with van der Waals surface area (Å²) in [5, 5.41) is 17.4. The fourth-order valence-corrected chi connectivity index (χ4v) is 3.34. The number of nitrogens with one attached hydrogen (secondary N) is 3. The maximum atomic E-state index is 12.9. The Morgan fingerprint density at radius 3 is 2.17 bits per heavy atom. The number of carbonyl (C=O) groups is 4. The number of aromatic nitrogens is 1. The van der Waals surface area contributed by atoms with Gasteiger partial charge in [0.1, 0.15) is 12.1 Å². The van der Waals surface area contributed by atoms with Crippen LogP contribution in [0.15, 0.2) is 53.5 Å². The minimum absolute atomic E-state index is 0.0307. The monoisotopic (exact) mass is 500 g/mol. The molecule has 8 N–H and O–H groups in total. The number of pyridine rings is 1. The number of aliphatic hydroxyl groups excluding tert-OH is 1. The van der Waals surface area contributed by atoms with E-state index >= 15 is 0 Å². The van der Waals surface area contributed by atoms with Crippen molar-refractivity contribution >= 4 is 23.5 Å². The highest BCUT2D eigenvalue weighted by molar-refractivity contribution is 5.98. The molecule has 1 aromatic heterocycles. The molecule has 0 saturated heterocycles. The van der Waals surface area contributed by atoms with E-state index in [9.17, 15) is 29.1 Å². The van der Waals surface area contributed by atoms with Crippen LogP contribution in [0.5, 0.6) is 0 Å². The lowest BCUT2D eigenvalue weighted by Crippen LogP contribution is -2.59. The molecule has 0 aliphatic heterocycles. The highest BCUT2D eigenvalue weighted by Crippen LogP contribution is 2.07. The summed E-state index contributed by atoms with van der Waals surface area (Å²) in [6.45, 7) is 2.42. The molecule has 1 aromatic carbocycles. The van der Waals surface area contributed by atoms with Gasteiger partial charge in [0.05, 0.1) is 17.7 Å². The predicted molar refractivity (Wildman–Crippen MR) is 132 cm³/mol. The van der Waals surface area contributed by atoms with Gasteiger partial charge in [0.15, 0.2) is 5.78 Å². The maximum Gasteiger partial charge on any atom is 0.255 e. The number of nitrogens with zero attached hydrogens (tertiary/aromatic N) is 1. The Balaban J connectivity index is 2.19. The number of hydrogen-bond donors (Lipinski definition) is 6. The van der Waals surface area contributed by atoms with Gasteiger partial charge in [0, 0.05) is 24.5 Å². The average molecular weight is 501 g/mol. The molecular weight excluding hydrogens is 468 g/mol. The van der Waals surface area contributed by atoms with Crippen LogP contribution in [0.2, 0.25) is 0 Å². The van der Waals surface area contributed by atoms with Gasteiger partial charge in [-0.15, -0.1) is 0 Å². The molecule has 0 radical (unpaired) electrons. The number of Topliss-reactive ketones (excluding diaryl/α,β-unsaturated/α-hetero) is 1. The number of amides is 3. The molecule has 0 aliphatic carbocycles. The first-order valence-electron chi connectivity index (χ1n) is 11.4. The quantitative estimate of drug-likeness (QED) is 0.196. The topological polar surface area (TPSA) is 199 Å².